The first-order chi connectivity index (χ1) is 9.54. The van der Waals surface area contributed by atoms with E-state index in [-0.39, 0.29) is 28.9 Å². The quantitative estimate of drug-likeness (QED) is 0.833. The topological polar surface area (TPSA) is 84.0 Å². The summed E-state index contributed by atoms with van der Waals surface area (Å²) in [5.41, 5.74) is 0. The van der Waals surface area contributed by atoms with Crippen molar-refractivity contribution in [2.45, 2.75) is 38.6 Å². The molecular weight excluding hydrogens is 280 g/mol. The van der Waals surface area contributed by atoms with Crippen LogP contribution in [0.25, 0.3) is 0 Å². The van der Waals surface area contributed by atoms with Gasteiger partial charge in [-0.25, -0.2) is 9.97 Å². The summed E-state index contributed by atoms with van der Waals surface area (Å²) in [5.74, 6) is 0.138. The molecule has 6 nitrogen and oxygen atoms in total. The lowest BCUT2D eigenvalue weighted by molar-refractivity contribution is -0.123. The molecule has 1 aliphatic carbocycles. The summed E-state index contributed by atoms with van der Waals surface area (Å²) in [7, 11) is 0. The Morgan fingerprint density at radius 2 is 2.15 bits per heavy atom. The van der Waals surface area contributed by atoms with Crippen LogP contribution < -0.4 is 10.6 Å². The first-order valence-corrected chi connectivity index (χ1v) is 6.98. The zero-order valence-electron chi connectivity index (χ0n) is 11.2. The fraction of sp³-hybridized carbons (Fsp3) is 0.538. The van der Waals surface area contributed by atoms with Crippen LogP contribution in [0.15, 0.2) is 12.4 Å². The number of carbonyl (C=O) groups excluding carboxylic acids is 2. The lowest BCUT2D eigenvalue weighted by atomic mass is 9.85. The second-order valence-electron chi connectivity index (χ2n) is 4.98. The molecule has 0 radical (unpaired) electrons. The molecule has 108 valence electrons. The average Bonchev–Trinajstić information content (AvgIpc) is 2.38. The minimum absolute atomic E-state index is 0.0568. The van der Waals surface area contributed by atoms with E-state index >= 15 is 0 Å². The van der Waals surface area contributed by atoms with Crippen molar-refractivity contribution >= 4 is 29.2 Å². The van der Waals surface area contributed by atoms with Gasteiger partial charge in [-0.15, -0.1) is 0 Å². The number of carbonyl (C=O) groups is 2. The smallest absolute Gasteiger partial charge is 0.228 e. The van der Waals surface area contributed by atoms with Gasteiger partial charge in [0.25, 0.3) is 0 Å². The maximum atomic E-state index is 12.2. The Hall–Kier alpha value is -1.69. The molecule has 1 fully saturated rings. The van der Waals surface area contributed by atoms with Crippen molar-refractivity contribution in [2.24, 2.45) is 5.92 Å². The minimum atomic E-state index is -0.116. The molecule has 1 aromatic heterocycles. The number of nitrogens with zero attached hydrogens (tertiary/aromatic N) is 2. The van der Waals surface area contributed by atoms with Crippen LogP contribution in [0.4, 0.5) is 5.82 Å². The van der Waals surface area contributed by atoms with E-state index in [1.807, 2.05) is 0 Å². The third-order valence-electron chi connectivity index (χ3n) is 3.34. The molecule has 1 saturated carbocycles. The molecule has 2 rings (SSSR count). The van der Waals surface area contributed by atoms with Crippen LogP contribution in [0, 0.1) is 5.92 Å². The number of hydrogen-bond acceptors (Lipinski definition) is 4. The van der Waals surface area contributed by atoms with Gasteiger partial charge in [-0.1, -0.05) is 18.0 Å². The van der Waals surface area contributed by atoms with E-state index in [0.29, 0.717) is 12.2 Å². The van der Waals surface area contributed by atoms with Gasteiger partial charge in [-0.2, -0.15) is 0 Å². The zero-order valence-corrected chi connectivity index (χ0v) is 12.0. The first-order valence-electron chi connectivity index (χ1n) is 6.60. The summed E-state index contributed by atoms with van der Waals surface area (Å²) in [6.45, 7) is 1.49. The van der Waals surface area contributed by atoms with Crippen LogP contribution in [0.1, 0.15) is 32.6 Å². The Balaban J connectivity index is 1.93. The monoisotopic (exact) mass is 296 g/mol. The Bertz CT molecular complexity index is 509. The largest absolute Gasteiger partial charge is 0.354 e. The van der Waals surface area contributed by atoms with Crippen LogP contribution in [-0.2, 0) is 9.59 Å². The van der Waals surface area contributed by atoms with Gasteiger partial charge in [0, 0.05) is 24.9 Å². The second-order valence-corrected chi connectivity index (χ2v) is 5.36. The number of halogens is 1. The highest BCUT2D eigenvalue weighted by atomic mass is 35.5. The summed E-state index contributed by atoms with van der Waals surface area (Å²) < 4.78 is 0. The Labute approximate surface area is 122 Å². The molecular formula is C13H17ClN4O2. The maximum Gasteiger partial charge on any atom is 0.228 e. The summed E-state index contributed by atoms with van der Waals surface area (Å²) >= 11 is 5.74. The number of nitrogens with one attached hydrogen (secondary N) is 2. The SMILES string of the molecule is CC(=O)N[C@@H]1CCC[C@H](C(=O)Nc2cc(Cl)ncn2)C1. The number of rotatable bonds is 3. The third kappa shape index (κ3) is 4.16. The highest BCUT2D eigenvalue weighted by molar-refractivity contribution is 6.29. The third-order valence-corrected chi connectivity index (χ3v) is 3.54. The lowest BCUT2D eigenvalue weighted by Crippen LogP contribution is -2.40. The average molecular weight is 297 g/mol. The van der Waals surface area contributed by atoms with Gasteiger partial charge in [0.15, 0.2) is 0 Å². The Morgan fingerprint density at radius 3 is 2.85 bits per heavy atom. The van der Waals surface area contributed by atoms with Gasteiger partial charge in [-0.3, -0.25) is 9.59 Å². The molecule has 0 aliphatic heterocycles. The van der Waals surface area contributed by atoms with Crippen LogP contribution in [0.3, 0.4) is 0 Å². The Kier molecular flexibility index (Phi) is 4.89. The highest BCUT2D eigenvalue weighted by Gasteiger charge is 2.27. The molecule has 0 aromatic carbocycles. The van der Waals surface area contributed by atoms with Gasteiger partial charge in [0.1, 0.15) is 17.3 Å². The van der Waals surface area contributed by atoms with Crippen molar-refractivity contribution in [3.8, 4) is 0 Å². The van der Waals surface area contributed by atoms with E-state index < -0.39 is 0 Å². The van der Waals surface area contributed by atoms with Crippen molar-refractivity contribution in [1.29, 1.82) is 0 Å². The van der Waals surface area contributed by atoms with E-state index in [2.05, 4.69) is 20.6 Å². The zero-order chi connectivity index (χ0) is 14.5. The number of hydrogen-bond donors (Lipinski definition) is 2. The molecule has 7 heteroatoms. The highest BCUT2D eigenvalue weighted by Crippen LogP contribution is 2.25. The van der Waals surface area contributed by atoms with Crippen LogP contribution in [0.2, 0.25) is 5.15 Å². The van der Waals surface area contributed by atoms with Crippen LogP contribution in [-0.4, -0.2) is 27.8 Å². The molecule has 0 bridgehead atoms. The van der Waals surface area contributed by atoms with Gasteiger partial charge >= 0.3 is 0 Å². The number of amides is 2. The van der Waals surface area contributed by atoms with E-state index in [4.69, 9.17) is 11.6 Å². The maximum absolute atomic E-state index is 12.2. The normalized spacial score (nSPS) is 22.1. The van der Waals surface area contributed by atoms with E-state index in [9.17, 15) is 9.59 Å². The molecule has 2 N–H and O–H groups in total. The minimum Gasteiger partial charge on any atom is -0.354 e. The molecule has 20 heavy (non-hydrogen) atoms. The molecule has 0 unspecified atom stereocenters. The van der Waals surface area contributed by atoms with E-state index in [0.717, 1.165) is 19.3 Å². The van der Waals surface area contributed by atoms with Crippen LogP contribution in [0.5, 0.6) is 0 Å². The molecule has 1 heterocycles. The molecule has 2 amide bonds. The standard InChI is InChI=1S/C13H17ClN4O2/c1-8(19)17-10-4-2-3-9(5-10)13(20)18-12-6-11(14)15-7-16-12/h6-7,9-10H,2-5H2,1H3,(H,17,19)(H,15,16,18,20)/t9-,10+/m0/s1. The fourth-order valence-corrected chi connectivity index (χ4v) is 2.62. The molecule has 0 saturated heterocycles. The van der Waals surface area contributed by atoms with Crippen molar-refractivity contribution < 1.29 is 9.59 Å². The molecule has 2 atom stereocenters. The number of aromatic nitrogens is 2. The van der Waals surface area contributed by atoms with Gasteiger partial charge in [0.05, 0.1) is 0 Å². The number of anilines is 1. The van der Waals surface area contributed by atoms with Crippen molar-refractivity contribution in [3.63, 3.8) is 0 Å². The predicted molar refractivity (Wildman–Crippen MR) is 75.2 cm³/mol. The van der Waals surface area contributed by atoms with Crippen molar-refractivity contribution in [2.75, 3.05) is 5.32 Å². The van der Waals surface area contributed by atoms with Crippen molar-refractivity contribution in [1.82, 2.24) is 15.3 Å². The first kappa shape index (κ1) is 14.7. The summed E-state index contributed by atoms with van der Waals surface area (Å²) in [6.07, 6.45) is 4.63. The second kappa shape index (κ2) is 6.65. The predicted octanol–water partition coefficient (Wildman–Crippen LogP) is 1.76. The molecule has 1 aliphatic rings. The molecule has 0 spiro atoms. The van der Waals surface area contributed by atoms with Gasteiger partial charge in [-0.05, 0) is 19.3 Å². The van der Waals surface area contributed by atoms with Gasteiger partial charge < -0.3 is 10.6 Å². The van der Waals surface area contributed by atoms with Crippen LogP contribution >= 0.6 is 11.6 Å². The lowest BCUT2D eigenvalue weighted by Gasteiger charge is -2.28. The fourth-order valence-electron chi connectivity index (χ4n) is 2.48. The molecule has 1 aromatic rings. The van der Waals surface area contributed by atoms with Crippen molar-refractivity contribution in [3.05, 3.63) is 17.5 Å². The van der Waals surface area contributed by atoms with E-state index in [1.165, 1.54) is 19.3 Å². The van der Waals surface area contributed by atoms with E-state index in [1.54, 1.807) is 0 Å². The summed E-state index contributed by atoms with van der Waals surface area (Å²) in [6, 6.07) is 1.58. The Morgan fingerprint density at radius 1 is 1.35 bits per heavy atom. The van der Waals surface area contributed by atoms with Gasteiger partial charge in [0.2, 0.25) is 11.8 Å². The summed E-state index contributed by atoms with van der Waals surface area (Å²) in [4.78, 5) is 31.0. The summed E-state index contributed by atoms with van der Waals surface area (Å²) in [5, 5.41) is 5.90.